The Kier molecular flexibility index (Phi) is 7.20. The van der Waals surface area contributed by atoms with Crippen LogP contribution in [0.5, 0.6) is 0 Å². The predicted octanol–water partition coefficient (Wildman–Crippen LogP) is 2.37. The van der Waals surface area contributed by atoms with Crippen LogP contribution in [0.1, 0.15) is 40.5 Å². The highest BCUT2D eigenvalue weighted by Crippen LogP contribution is 2.36. The van der Waals surface area contributed by atoms with Crippen LogP contribution in [0.3, 0.4) is 0 Å². The molecule has 0 spiro atoms. The van der Waals surface area contributed by atoms with Gasteiger partial charge in [-0.1, -0.05) is 13.8 Å². The molecule has 0 amide bonds. The molecule has 3 nitrogen and oxygen atoms in total. The maximum atomic E-state index is 5.28. The van der Waals surface area contributed by atoms with E-state index in [9.17, 15) is 0 Å². The van der Waals surface area contributed by atoms with Gasteiger partial charge in [0, 0.05) is 25.7 Å². The summed E-state index contributed by atoms with van der Waals surface area (Å²) in [4.78, 5) is 2.66. The Morgan fingerprint density at radius 2 is 1.94 bits per heavy atom. The van der Waals surface area contributed by atoms with Crippen LogP contribution in [0, 0.1) is 11.8 Å². The molecule has 0 aromatic heterocycles. The van der Waals surface area contributed by atoms with E-state index in [1.165, 1.54) is 12.8 Å². The van der Waals surface area contributed by atoms with Crippen molar-refractivity contribution in [1.29, 1.82) is 0 Å². The van der Waals surface area contributed by atoms with Gasteiger partial charge in [-0.05, 0) is 51.6 Å². The van der Waals surface area contributed by atoms with Gasteiger partial charge in [-0.15, -0.1) is 0 Å². The van der Waals surface area contributed by atoms with Crippen molar-refractivity contribution in [3.63, 3.8) is 0 Å². The Balaban J connectivity index is 2.50. The molecule has 1 aliphatic carbocycles. The van der Waals surface area contributed by atoms with Crippen molar-refractivity contribution in [1.82, 2.24) is 10.2 Å². The number of rotatable bonds is 10. The van der Waals surface area contributed by atoms with Gasteiger partial charge in [-0.25, -0.2) is 0 Å². The molecule has 3 heteroatoms. The van der Waals surface area contributed by atoms with E-state index in [-0.39, 0.29) is 0 Å². The lowest BCUT2D eigenvalue weighted by Crippen LogP contribution is -2.48. The second kappa shape index (κ2) is 8.13. The number of nitrogens with one attached hydrogen (secondary N) is 1. The second-order valence-corrected chi connectivity index (χ2v) is 5.83. The first kappa shape index (κ1) is 15.9. The quantitative estimate of drug-likeness (QED) is 0.649. The van der Waals surface area contributed by atoms with E-state index in [1.807, 2.05) is 0 Å². The first-order chi connectivity index (χ1) is 8.61. The third-order valence-electron chi connectivity index (χ3n) is 4.44. The fourth-order valence-corrected chi connectivity index (χ4v) is 2.69. The van der Waals surface area contributed by atoms with Crippen LogP contribution in [-0.4, -0.2) is 50.3 Å². The summed E-state index contributed by atoms with van der Waals surface area (Å²) < 4.78 is 5.28. The van der Waals surface area contributed by atoms with Crippen molar-refractivity contribution in [3.8, 4) is 0 Å². The first-order valence-electron chi connectivity index (χ1n) is 7.57. The smallest absolute Gasteiger partial charge is 0.0589 e. The minimum Gasteiger partial charge on any atom is -0.383 e. The zero-order chi connectivity index (χ0) is 13.5. The highest BCUT2D eigenvalue weighted by Gasteiger charge is 2.34. The Morgan fingerprint density at radius 1 is 1.28 bits per heavy atom. The lowest BCUT2D eigenvalue weighted by Gasteiger charge is -2.38. The summed E-state index contributed by atoms with van der Waals surface area (Å²) in [5.74, 6) is 1.61. The molecular weight excluding hydrogens is 224 g/mol. The molecule has 3 atom stereocenters. The fourth-order valence-electron chi connectivity index (χ4n) is 2.69. The van der Waals surface area contributed by atoms with Gasteiger partial charge < -0.3 is 10.1 Å². The van der Waals surface area contributed by atoms with E-state index >= 15 is 0 Å². The largest absolute Gasteiger partial charge is 0.383 e. The summed E-state index contributed by atoms with van der Waals surface area (Å²) in [5.41, 5.74) is 0. The molecule has 0 aliphatic heterocycles. The number of methoxy groups -OCH3 is 1. The van der Waals surface area contributed by atoms with Crippen LogP contribution in [0.15, 0.2) is 0 Å². The Morgan fingerprint density at radius 3 is 2.44 bits per heavy atom. The normalized spacial score (nSPS) is 21.0. The summed E-state index contributed by atoms with van der Waals surface area (Å²) in [6.45, 7) is 13.4. The van der Waals surface area contributed by atoms with Crippen molar-refractivity contribution >= 4 is 0 Å². The van der Waals surface area contributed by atoms with Crippen LogP contribution in [0.4, 0.5) is 0 Å². The number of nitrogens with zero attached hydrogens (tertiary/aromatic N) is 1. The SMILES string of the molecule is CCNCC(C)C(C)N(CCOC)C(C)C1CC1. The van der Waals surface area contributed by atoms with Gasteiger partial charge in [0.1, 0.15) is 0 Å². The molecule has 0 heterocycles. The first-order valence-corrected chi connectivity index (χ1v) is 7.57. The Labute approximate surface area is 113 Å². The van der Waals surface area contributed by atoms with Gasteiger partial charge in [0.2, 0.25) is 0 Å². The topological polar surface area (TPSA) is 24.5 Å². The molecule has 1 fully saturated rings. The zero-order valence-corrected chi connectivity index (χ0v) is 12.9. The van der Waals surface area contributed by atoms with E-state index in [0.717, 1.165) is 32.2 Å². The van der Waals surface area contributed by atoms with Crippen LogP contribution in [0.25, 0.3) is 0 Å². The van der Waals surface area contributed by atoms with Crippen LogP contribution >= 0.6 is 0 Å². The highest BCUT2D eigenvalue weighted by molar-refractivity contribution is 4.88. The van der Waals surface area contributed by atoms with Gasteiger partial charge >= 0.3 is 0 Å². The van der Waals surface area contributed by atoms with Crippen molar-refractivity contribution < 1.29 is 4.74 Å². The lowest BCUT2D eigenvalue weighted by atomic mass is 9.99. The van der Waals surface area contributed by atoms with Crippen molar-refractivity contribution in [3.05, 3.63) is 0 Å². The summed E-state index contributed by atoms with van der Waals surface area (Å²) in [5, 5.41) is 3.47. The monoisotopic (exact) mass is 256 g/mol. The highest BCUT2D eigenvalue weighted by atomic mass is 16.5. The maximum absolute atomic E-state index is 5.28. The predicted molar refractivity (Wildman–Crippen MR) is 77.9 cm³/mol. The van der Waals surface area contributed by atoms with Gasteiger partial charge in [-0.2, -0.15) is 0 Å². The molecule has 18 heavy (non-hydrogen) atoms. The van der Waals surface area contributed by atoms with Gasteiger partial charge in [-0.3, -0.25) is 4.90 Å². The summed E-state index contributed by atoms with van der Waals surface area (Å²) >= 11 is 0. The van der Waals surface area contributed by atoms with Crippen molar-refractivity contribution in [2.24, 2.45) is 11.8 Å². The second-order valence-electron chi connectivity index (χ2n) is 5.83. The fraction of sp³-hybridized carbons (Fsp3) is 1.00. The van der Waals surface area contributed by atoms with Crippen molar-refractivity contribution in [2.75, 3.05) is 33.4 Å². The van der Waals surface area contributed by atoms with Gasteiger partial charge in [0.25, 0.3) is 0 Å². The molecule has 3 unspecified atom stereocenters. The number of hydrogen-bond donors (Lipinski definition) is 1. The average Bonchev–Trinajstić information content (AvgIpc) is 3.19. The molecule has 1 aliphatic rings. The van der Waals surface area contributed by atoms with Crippen LogP contribution < -0.4 is 5.32 Å². The molecule has 1 N–H and O–H groups in total. The van der Waals surface area contributed by atoms with E-state index in [0.29, 0.717) is 18.0 Å². The standard InChI is InChI=1S/C15H32N2O/c1-6-16-11-12(2)13(3)17(9-10-18-5)14(4)15-7-8-15/h12-16H,6-11H2,1-5H3. The van der Waals surface area contributed by atoms with Crippen molar-refractivity contribution in [2.45, 2.75) is 52.6 Å². The molecule has 1 rings (SSSR count). The van der Waals surface area contributed by atoms with Crippen LogP contribution in [0.2, 0.25) is 0 Å². The van der Waals surface area contributed by atoms with E-state index in [2.05, 4.69) is 37.9 Å². The summed E-state index contributed by atoms with van der Waals surface area (Å²) in [7, 11) is 1.80. The van der Waals surface area contributed by atoms with Gasteiger partial charge in [0.15, 0.2) is 0 Å². The van der Waals surface area contributed by atoms with E-state index in [4.69, 9.17) is 4.74 Å². The molecule has 0 aromatic rings. The molecule has 108 valence electrons. The molecule has 0 radical (unpaired) electrons. The number of ether oxygens (including phenoxy) is 1. The third-order valence-corrected chi connectivity index (χ3v) is 4.44. The Hall–Kier alpha value is -0.120. The molecule has 0 bridgehead atoms. The van der Waals surface area contributed by atoms with E-state index < -0.39 is 0 Å². The average molecular weight is 256 g/mol. The summed E-state index contributed by atoms with van der Waals surface area (Å²) in [6.07, 6.45) is 2.83. The van der Waals surface area contributed by atoms with Gasteiger partial charge in [0.05, 0.1) is 6.61 Å². The molecule has 0 aromatic carbocycles. The summed E-state index contributed by atoms with van der Waals surface area (Å²) in [6, 6.07) is 1.33. The molecular formula is C15H32N2O. The maximum Gasteiger partial charge on any atom is 0.0589 e. The number of hydrogen-bond acceptors (Lipinski definition) is 3. The van der Waals surface area contributed by atoms with E-state index in [1.54, 1.807) is 7.11 Å². The minimum atomic E-state index is 0.620. The third kappa shape index (κ3) is 4.87. The minimum absolute atomic E-state index is 0.620. The molecule has 0 saturated heterocycles. The lowest BCUT2D eigenvalue weighted by molar-refractivity contribution is 0.0662. The Bertz CT molecular complexity index is 219. The zero-order valence-electron chi connectivity index (χ0n) is 12.9. The molecule has 1 saturated carbocycles. The van der Waals surface area contributed by atoms with Crippen LogP contribution in [-0.2, 0) is 4.74 Å².